The van der Waals surface area contributed by atoms with E-state index in [1.54, 1.807) is 0 Å². The minimum Gasteiger partial charge on any atom is -0.493 e. The van der Waals surface area contributed by atoms with Crippen molar-refractivity contribution in [1.82, 2.24) is 0 Å². The van der Waals surface area contributed by atoms with Crippen LogP contribution in [-0.2, 0) is 6.42 Å². The van der Waals surface area contributed by atoms with Gasteiger partial charge in [-0.1, -0.05) is 19.8 Å². The first-order valence-electron chi connectivity index (χ1n) is 7.31. The monoisotopic (exact) mass is 310 g/mol. The van der Waals surface area contributed by atoms with Gasteiger partial charge in [-0.05, 0) is 25.5 Å². The molecule has 22 heavy (non-hydrogen) atoms. The number of aliphatic hydroxyl groups excluding tert-OH is 1. The molecule has 3 N–H and O–H groups in total. The Labute approximate surface area is 129 Å². The molecule has 0 fully saturated rings. The maximum absolute atomic E-state index is 11.5. The van der Waals surface area contributed by atoms with Crippen molar-refractivity contribution in [2.24, 2.45) is 0 Å². The average molecular weight is 310 g/mol. The van der Waals surface area contributed by atoms with E-state index in [1.807, 2.05) is 0 Å². The topological polar surface area (TPSA) is 104 Å². The van der Waals surface area contributed by atoms with Crippen molar-refractivity contribution < 1.29 is 29.6 Å². The summed E-state index contributed by atoms with van der Waals surface area (Å²) in [7, 11) is 0. The van der Waals surface area contributed by atoms with Crippen molar-refractivity contribution in [2.45, 2.75) is 45.6 Å². The van der Waals surface area contributed by atoms with Crippen LogP contribution in [0.3, 0.4) is 0 Å². The molecular weight excluding hydrogens is 288 g/mol. The highest BCUT2D eigenvalue weighted by atomic mass is 16.5. The van der Waals surface area contributed by atoms with Crippen LogP contribution >= 0.6 is 0 Å². The van der Waals surface area contributed by atoms with E-state index >= 15 is 0 Å². The molecule has 0 saturated heterocycles. The molecule has 6 nitrogen and oxygen atoms in total. The second-order valence-electron chi connectivity index (χ2n) is 5.18. The summed E-state index contributed by atoms with van der Waals surface area (Å²) >= 11 is 0. The molecule has 0 bridgehead atoms. The van der Waals surface area contributed by atoms with Gasteiger partial charge in [-0.15, -0.1) is 0 Å². The summed E-state index contributed by atoms with van der Waals surface area (Å²) < 4.78 is 5.60. The Bertz CT molecular complexity index is 536. The molecule has 122 valence electrons. The van der Waals surface area contributed by atoms with Crippen LogP contribution in [0.4, 0.5) is 0 Å². The predicted molar refractivity (Wildman–Crippen MR) is 80.8 cm³/mol. The van der Waals surface area contributed by atoms with E-state index in [1.165, 1.54) is 19.1 Å². The normalized spacial score (nSPS) is 12.0. The summed E-state index contributed by atoms with van der Waals surface area (Å²) in [5.74, 6) is -2.34. The van der Waals surface area contributed by atoms with Crippen LogP contribution in [0.2, 0.25) is 0 Å². The zero-order chi connectivity index (χ0) is 16.7. The maximum Gasteiger partial charge on any atom is 0.336 e. The Balaban J connectivity index is 3.22. The Morgan fingerprint density at radius 1 is 1.18 bits per heavy atom. The van der Waals surface area contributed by atoms with Crippen LogP contribution < -0.4 is 4.74 Å². The number of hydrogen-bond donors (Lipinski definition) is 3. The predicted octanol–water partition coefficient (Wildman–Crippen LogP) is 2.58. The lowest BCUT2D eigenvalue weighted by Gasteiger charge is -2.16. The first-order valence-corrected chi connectivity index (χ1v) is 7.31. The highest BCUT2D eigenvalue weighted by Crippen LogP contribution is 2.28. The van der Waals surface area contributed by atoms with E-state index < -0.39 is 18.0 Å². The van der Waals surface area contributed by atoms with Gasteiger partial charge in [-0.2, -0.15) is 0 Å². The Kier molecular flexibility index (Phi) is 6.85. The third-order valence-corrected chi connectivity index (χ3v) is 3.22. The van der Waals surface area contributed by atoms with Gasteiger partial charge in [-0.3, -0.25) is 0 Å². The number of aliphatic hydroxyl groups is 1. The molecule has 1 rings (SSSR count). The molecule has 1 aromatic carbocycles. The lowest BCUT2D eigenvalue weighted by Crippen LogP contribution is -2.17. The van der Waals surface area contributed by atoms with Gasteiger partial charge < -0.3 is 20.1 Å². The lowest BCUT2D eigenvalue weighted by atomic mass is 9.96. The molecule has 0 aromatic heterocycles. The fourth-order valence-corrected chi connectivity index (χ4v) is 2.22. The van der Waals surface area contributed by atoms with Gasteiger partial charge in [0.25, 0.3) is 0 Å². The molecular formula is C16H22O6. The molecule has 1 aromatic rings. The van der Waals surface area contributed by atoms with Crippen molar-refractivity contribution in [3.8, 4) is 5.75 Å². The van der Waals surface area contributed by atoms with Gasteiger partial charge in [0.15, 0.2) is 0 Å². The van der Waals surface area contributed by atoms with E-state index in [4.69, 9.17) is 9.84 Å². The molecule has 1 atom stereocenters. The SMILES string of the molecule is CCCCCOc1ccc(C(=O)O)c(C(=O)O)c1CC(C)O. The molecule has 0 spiro atoms. The number of aromatic carboxylic acids is 2. The minimum absolute atomic E-state index is 0.0197. The fourth-order valence-electron chi connectivity index (χ4n) is 2.22. The van der Waals surface area contributed by atoms with E-state index in [0.717, 1.165) is 19.3 Å². The quantitative estimate of drug-likeness (QED) is 0.606. The molecule has 0 aliphatic carbocycles. The van der Waals surface area contributed by atoms with Gasteiger partial charge in [0.2, 0.25) is 0 Å². The summed E-state index contributed by atoms with van der Waals surface area (Å²) in [4.78, 5) is 22.7. The highest BCUT2D eigenvalue weighted by molar-refractivity contribution is 6.03. The molecule has 6 heteroatoms. The Hall–Kier alpha value is -2.08. The zero-order valence-corrected chi connectivity index (χ0v) is 12.8. The van der Waals surface area contributed by atoms with Crippen molar-refractivity contribution >= 4 is 11.9 Å². The van der Waals surface area contributed by atoms with Crippen LogP contribution in [0.1, 0.15) is 59.4 Å². The molecule has 0 amide bonds. The molecule has 1 unspecified atom stereocenters. The summed E-state index contributed by atoms with van der Waals surface area (Å²) in [6.07, 6.45) is 2.06. The largest absolute Gasteiger partial charge is 0.493 e. The van der Waals surface area contributed by atoms with Gasteiger partial charge in [0.1, 0.15) is 5.75 Å². The summed E-state index contributed by atoms with van der Waals surface area (Å²) in [5, 5.41) is 28.1. The standard InChI is InChI=1S/C16H22O6/c1-3-4-5-8-22-13-7-6-11(15(18)19)14(16(20)21)12(13)9-10(2)17/h6-7,10,17H,3-5,8-9H2,1-2H3,(H,18,19)(H,20,21). The van der Waals surface area contributed by atoms with Crippen molar-refractivity contribution in [2.75, 3.05) is 6.61 Å². The van der Waals surface area contributed by atoms with Gasteiger partial charge in [-0.25, -0.2) is 9.59 Å². The highest BCUT2D eigenvalue weighted by Gasteiger charge is 2.24. The van der Waals surface area contributed by atoms with Crippen LogP contribution in [0.25, 0.3) is 0 Å². The molecule has 0 aliphatic rings. The second-order valence-corrected chi connectivity index (χ2v) is 5.18. The number of hydrogen-bond acceptors (Lipinski definition) is 4. The number of ether oxygens (including phenoxy) is 1. The van der Waals surface area contributed by atoms with Gasteiger partial charge in [0, 0.05) is 12.0 Å². The first kappa shape index (κ1) is 18.0. The van der Waals surface area contributed by atoms with Crippen molar-refractivity contribution in [1.29, 1.82) is 0 Å². The lowest BCUT2D eigenvalue weighted by molar-refractivity contribution is 0.0649. The Morgan fingerprint density at radius 3 is 2.36 bits per heavy atom. The third-order valence-electron chi connectivity index (χ3n) is 3.22. The number of benzene rings is 1. The number of carboxylic acid groups (broad SMARTS) is 2. The molecule has 0 heterocycles. The van der Waals surface area contributed by atoms with Gasteiger partial charge in [0.05, 0.1) is 23.8 Å². The Morgan fingerprint density at radius 2 is 1.86 bits per heavy atom. The second kappa shape index (κ2) is 8.38. The smallest absolute Gasteiger partial charge is 0.336 e. The van der Waals surface area contributed by atoms with Crippen molar-refractivity contribution in [3.63, 3.8) is 0 Å². The van der Waals surface area contributed by atoms with E-state index in [0.29, 0.717) is 12.4 Å². The number of unbranched alkanes of at least 4 members (excludes halogenated alkanes) is 2. The molecule has 0 radical (unpaired) electrons. The van der Waals surface area contributed by atoms with Crippen LogP contribution in [0.15, 0.2) is 12.1 Å². The molecule has 0 saturated carbocycles. The molecule has 0 aliphatic heterocycles. The van der Waals surface area contributed by atoms with Crippen LogP contribution in [0, 0.1) is 0 Å². The average Bonchev–Trinajstić information content (AvgIpc) is 2.43. The maximum atomic E-state index is 11.5. The number of rotatable bonds is 9. The number of carbonyl (C=O) groups is 2. The minimum atomic E-state index is -1.34. The van der Waals surface area contributed by atoms with E-state index in [-0.39, 0.29) is 23.1 Å². The van der Waals surface area contributed by atoms with E-state index in [9.17, 15) is 19.8 Å². The zero-order valence-electron chi connectivity index (χ0n) is 12.8. The van der Waals surface area contributed by atoms with Crippen molar-refractivity contribution in [3.05, 3.63) is 28.8 Å². The van der Waals surface area contributed by atoms with Crippen LogP contribution in [-0.4, -0.2) is 40.0 Å². The van der Waals surface area contributed by atoms with Crippen LogP contribution in [0.5, 0.6) is 5.75 Å². The van der Waals surface area contributed by atoms with Gasteiger partial charge >= 0.3 is 11.9 Å². The first-order chi connectivity index (χ1) is 10.4. The summed E-state index contributed by atoms with van der Waals surface area (Å²) in [6, 6.07) is 2.69. The summed E-state index contributed by atoms with van der Waals surface area (Å²) in [5.41, 5.74) is -0.399. The summed E-state index contributed by atoms with van der Waals surface area (Å²) in [6.45, 7) is 4.00. The third kappa shape index (κ3) is 4.73. The fraction of sp³-hybridized carbons (Fsp3) is 0.500. The number of carboxylic acids is 2. The van der Waals surface area contributed by atoms with E-state index in [2.05, 4.69) is 6.92 Å².